The molecule has 2 aliphatic heterocycles. The van der Waals surface area contributed by atoms with E-state index in [0.717, 1.165) is 35.5 Å². The number of nitrogens with zero attached hydrogens (tertiary/aromatic N) is 3. The largest absolute Gasteiger partial charge is 0.381 e. The summed E-state index contributed by atoms with van der Waals surface area (Å²) in [6.07, 6.45) is 2.04. The Labute approximate surface area is 215 Å². The summed E-state index contributed by atoms with van der Waals surface area (Å²) in [5, 5.41) is 7.02. The van der Waals surface area contributed by atoms with Gasteiger partial charge in [0.2, 0.25) is 5.91 Å². The number of nitrogens with one attached hydrogen (secondary N) is 2. The molecule has 0 spiro atoms. The normalized spacial score (nSPS) is 17.9. The second-order valence-corrected chi connectivity index (χ2v) is 10.1. The maximum atomic E-state index is 14.3. The van der Waals surface area contributed by atoms with Crippen LogP contribution in [0.1, 0.15) is 55.1 Å². The third kappa shape index (κ3) is 5.18. The molecule has 37 heavy (non-hydrogen) atoms. The number of hydrogen-bond acceptors (Lipinski definition) is 6. The molecule has 9 heteroatoms. The highest BCUT2D eigenvalue weighted by molar-refractivity contribution is 5.83. The number of aromatic nitrogens is 2. The summed E-state index contributed by atoms with van der Waals surface area (Å²) < 4.78 is 21.5. The summed E-state index contributed by atoms with van der Waals surface area (Å²) in [6.45, 7) is 6.96. The van der Waals surface area contributed by atoms with Crippen LogP contribution in [-0.4, -0.2) is 48.3 Å². The van der Waals surface area contributed by atoms with E-state index in [9.17, 15) is 14.0 Å². The molecule has 1 aromatic heterocycles. The minimum absolute atomic E-state index is 0.000924. The molecule has 5 rings (SSSR count). The molecule has 0 aliphatic carbocycles. The number of amides is 1. The number of carbonyl (C=O) groups excluding carboxylic acids is 1. The van der Waals surface area contributed by atoms with Crippen molar-refractivity contribution in [3.8, 4) is 0 Å². The Morgan fingerprint density at radius 1 is 1.16 bits per heavy atom. The molecule has 1 amide bonds. The number of benzene rings is 2. The van der Waals surface area contributed by atoms with Gasteiger partial charge in [-0.1, -0.05) is 6.07 Å². The van der Waals surface area contributed by atoms with E-state index in [-0.39, 0.29) is 29.2 Å². The van der Waals surface area contributed by atoms with Crippen molar-refractivity contribution in [3.05, 3.63) is 63.5 Å². The Bertz CT molecular complexity index is 1380. The van der Waals surface area contributed by atoms with Gasteiger partial charge in [0.25, 0.3) is 5.56 Å². The van der Waals surface area contributed by atoms with E-state index < -0.39 is 0 Å². The third-order valence-electron chi connectivity index (χ3n) is 7.43. The van der Waals surface area contributed by atoms with E-state index in [1.54, 1.807) is 17.7 Å². The Kier molecular flexibility index (Phi) is 7.15. The number of ether oxygens (including phenoxy) is 1. The van der Waals surface area contributed by atoms with Crippen LogP contribution in [0, 0.1) is 12.7 Å². The Balaban J connectivity index is 1.54. The number of fused-ring (bicyclic) bond motifs is 1. The molecule has 3 aromatic rings. The monoisotopic (exact) mass is 507 g/mol. The zero-order chi connectivity index (χ0) is 26.1. The summed E-state index contributed by atoms with van der Waals surface area (Å²) in [5.41, 5.74) is 4.03. The molecular weight excluding hydrogens is 473 g/mol. The van der Waals surface area contributed by atoms with Crippen LogP contribution in [0.15, 0.2) is 35.1 Å². The Morgan fingerprint density at radius 2 is 1.95 bits per heavy atom. The van der Waals surface area contributed by atoms with Gasteiger partial charge < -0.3 is 20.3 Å². The van der Waals surface area contributed by atoms with Crippen LogP contribution >= 0.6 is 0 Å². The number of carbonyl (C=O) groups is 1. The van der Waals surface area contributed by atoms with Gasteiger partial charge in [0.1, 0.15) is 11.6 Å². The van der Waals surface area contributed by atoms with Gasteiger partial charge >= 0.3 is 0 Å². The van der Waals surface area contributed by atoms with Gasteiger partial charge in [-0.2, -0.15) is 0 Å². The second kappa shape index (κ2) is 10.5. The zero-order valence-corrected chi connectivity index (χ0v) is 21.6. The first-order valence-electron chi connectivity index (χ1n) is 13.0. The van der Waals surface area contributed by atoms with Crippen molar-refractivity contribution in [1.82, 2.24) is 14.9 Å². The second-order valence-electron chi connectivity index (χ2n) is 10.1. The lowest BCUT2D eigenvalue weighted by Gasteiger charge is -2.28. The van der Waals surface area contributed by atoms with Crippen LogP contribution in [0.4, 0.5) is 15.8 Å². The van der Waals surface area contributed by atoms with Crippen LogP contribution in [0.25, 0.3) is 10.9 Å². The van der Waals surface area contributed by atoms with Crippen molar-refractivity contribution in [3.63, 3.8) is 0 Å². The highest BCUT2D eigenvalue weighted by Crippen LogP contribution is 2.33. The van der Waals surface area contributed by atoms with E-state index in [1.165, 1.54) is 12.1 Å². The van der Waals surface area contributed by atoms with E-state index in [4.69, 9.17) is 9.72 Å². The van der Waals surface area contributed by atoms with Gasteiger partial charge in [-0.05, 0) is 56.5 Å². The molecule has 0 bridgehead atoms. The minimum Gasteiger partial charge on any atom is -0.381 e. The molecule has 0 radical (unpaired) electrons. The molecule has 8 nitrogen and oxygen atoms in total. The molecule has 196 valence electrons. The van der Waals surface area contributed by atoms with Crippen molar-refractivity contribution in [2.24, 2.45) is 7.05 Å². The van der Waals surface area contributed by atoms with Gasteiger partial charge in [0.05, 0.1) is 28.3 Å². The van der Waals surface area contributed by atoms with Crippen molar-refractivity contribution >= 4 is 28.2 Å². The summed E-state index contributed by atoms with van der Waals surface area (Å²) in [5.74, 6) is 0.642. The first-order valence-corrected chi connectivity index (χ1v) is 13.0. The number of hydrogen-bond donors (Lipinski definition) is 2. The summed E-state index contributed by atoms with van der Waals surface area (Å²) >= 11 is 0. The molecule has 3 heterocycles. The minimum atomic E-state index is -0.330. The highest BCUT2D eigenvalue weighted by Gasteiger charge is 2.24. The van der Waals surface area contributed by atoms with Crippen molar-refractivity contribution < 1.29 is 13.9 Å². The fourth-order valence-corrected chi connectivity index (χ4v) is 5.43. The predicted octanol–water partition coefficient (Wildman–Crippen LogP) is 3.77. The van der Waals surface area contributed by atoms with E-state index in [0.29, 0.717) is 55.9 Å². The number of halogens is 1. The summed E-state index contributed by atoms with van der Waals surface area (Å²) in [7, 11) is 1.80. The molecule has 1 atom stereocenters. The standard InChI is InChI=1S/C28H34FN5O3/c1-17-14-21(26-22(15-17)28(36)33(3)27(32-26)19-7-12-37-13-8-19)18(2)31-23-5-4-20(29)16-24(23)34-10-6-25(35)30-9-11-34/h4-5,14-16,18-19,31H,6-13H2,1-3H3,(H,30,35)/t18-/m1/s1. The first-order chi connectivity index (χ1) is 17.8. The molecule has 2 N–H and O–H groups in total. The van der Waals surface area contributed by atoms with Crippen molar-refractivity contribution in [2.75, 3.05) is 43.1 Å². The molecule has 2 fully saturated rings. The summed E-state index contributed by atoms with van der Waals surface area (Å²) in [4.78, 5) is 32.4. The summed E-state index contributed by atoms with van der Waals surface area (Å²) in [6, 6.07) is 8.44. The van der Waals surface area contributed by atoms with E-state index >= 15 is 0 Å². The van der Waals surface area contributed by atoms with Gasteiger partial charge in [-0.25, -0.2) is 9.37 Å². The third-order valence-corrected chi connectivity index (χ3v) is 7.43. The fraction of sp³-hybridized carbons (Fsp3) is 0.464. The molecule has 0 saturated carbocycles. The van der Waals surface area contributed by atoms with Crippen molar-refractivity contribution in [2.45, 2.75) is 45.1 Å². The fourth-order valence-electron chi connectivity index (χ4n) is 5.43. The SMILES string of the molecule is Cc1cc([C@@H](C)Nc2ccc(F)cc2N2CCNC(=O)CC2)c2nc(C3CCOCC3)n(C)c(=O)c2c1. The van der Waals surface area contributed by atoms with Crippen LogP contribution in [0.5, 0.6) is 0 Å². The van der Waals surface area contributed by atoms with Gasteiger partial charge in [-0.15, -0.1) is 0 Å². The highest BCUT2D eigenvalue weighted by atomic mass is 19.1. The topological polar surface area (TPSA) is 88.5 Å². The lowest BCUT2D eigenvalue weighted by atomic mass is 9.97. The van der Waals surface area contributed by atoms with Gasteiger partial charge in [-0.3, -0.25) is 14.2 Å². The zero-order valence-electron chi connectivity index (χ0n) is 21.6. The maximum absolute atomic E-state index is 14.3. The van der Waals surface area contributed by atoms with Gasteiger partial charge in [0, 0.05) is 57.8 Å². The Hall–Kier alpha value is -3.46. The van der Waals surface area contributed by atoms with Crippen molar-refractivity contribution in [1.29, 1.82) is 0 Å². The molecular formula is C28H34FN5O3. The first kappa shape index (κ1) is 25.2. The average molecular weight is 508 g/mol. The van der Waals surface area contributed by atoms with E-state index in [1.807, 2.05) is 24.8 Å². The maximum Gasteiger partial charge on any atom is 0.261 e. The number of rotatable bonds is 5. The number of aryl methyl sites for hydroxylation is 1. The quantitative estimate of drug-likeness (QED) is 0.547. The average Bonchev–Trinajstić information content (AvgIpc) is 3.11. The number of anilines is 2. The molecule has 2 aliphatic rings. The molecule has 0 unspecified atom stereocenters. The molecule has 2 saturated heterocycles. The lowest BCUT2D eigenvalue weighted by molar-refractivity contribution is -0.120. The smallest absolute Gasteiger partial charge is 0.261 e. The van der Waals surface area contributed by atoms with Crippen LogP contribution in [0.2, 0.25) is 0 Å². The predicted molar refractivity (Wildman–Crippen MR) is 143 cm³/mol. The van der Waals surface area contributed by atoms with Gasteiger partial charge in [0.15, 0.2) is 0 Å². The lowest BCUT2D eigenvalue weighted by Crippen LogP contribution is -2.29. The Morgan fingerprint density at radius 3 is 2.73 bits per heavy atom. The van der Waals surface area contributed by atoms with Crippen LogP contribution in [-0.2, 0) is 16.6 Å². The molecule has 2 aromatic carbocycles. The van der Waals surface area contributed by atoms with Crippen LogP contribution < -0.4 is 21.1 Å². The van der Waals surface area contributed by atoms with E-state index in [2.05, 4.69) is 16.7 Å². The van der Waals surface area contributed by atoms with Crippen LogP contribution in [0.3, 0.4) is 0 Å².